The number of ketones is 1. The van der Waals surface area contributed by atoms with Crippen molar-refractivity contribution in [2.45, 2.75) is 25.8 Å². The molecular weight excluding hydrogens is 426 g/mol. The fraction of sp³-hybridized carbons (Fsp3) is 0.200. The predicted molar refractivity (Wildman–Crippen MR) is 122 cm³/mol. The monoisotopic (exact) mass is 447 g/mol. The number of thiophene rings is 1. The summed E-state index contributed by atoms with van der Waals surface area (Å²) < 4.78 is 10.9. The molecule has 0 fully saturated rings. The molecule has 1 unspecified atom stereocenters. The molecule has 0 bridgehead atoms. The molecule has 32 heavy (non-hydrogen) atoms. The van der Waals surface area contributed by atoms with Gasteiger partial charge in [0.05, 0.1) is 16.5 Å². The van der Waals surface area contributed by atoms with E-state index in [1.165, 1.54) is 16.2 Å². The van der Waals surface area contributed by atoms with Crippen molar-refractivity contribution >= 4 is 28.7 Å². The molecule has 2 aromatic carbocycles. The predicted octanol–water partition coefficient (Wildman–Crippen LogP) is 5.38. The van der Waals surface area contributed by atoms with Gasteiger partial charge >= 0.3 is 0 Å². The van der Waals surface area contributed by atoms with Crippen LogP contribution in [0.5, 0.6) is 11.5 Å². The summed E-state index contributed by atoms with van der Waals surface area (Å²) in [6.07, 6.45) is 0. The second-order valence-corrected chi connectivity index (χ2v) is 8.95. The smallest absolute Gasteiger partial charge is 0.294 e. The summed E-state index contributed by atoms with van der Waals surface area (Å²) >= 11 is 1.28. The number of aliphatic hydroxyl groups is 1. The van der Waals surface area contributed by atoms with Crippen LogP contribution in [0.1, 0.15) is 46.6 Å². The van der Waals surface area contributed by atoms with Gasteiger partial charge in [0, 0.05) is 11.8 Å². The zero-order valence-electron chi connectivity index (χ0n) is 17.6. The third-order valence-corrected chi connectivity index (χ3v) is 6.62. The molecule has 1 N–H and O–H groups in total. The second-order valence-electron chi connectivity index (χ2n) is 8.01. The molecule has 3 heterocycles. The van der Waals surface area contributed by atoms with E-state index >= 15 is 0 Å². The lowest BCUT2D eigenvalue weighted by Crippen LogP contribution is -2.31. The van der Waals surface area contributed by atoms with E-state index in [0.717, 1.165) is 11.1 Å². The molecule has 3 aromatic rings. The van der Waals surface area contributed by atoms with Crippen LogP contribution >= 0.6 is 11.3 Å². The SMILES string of the molecule is CC(C)c1ccc(C2C(C(=O)c3cccs3)=C(O)C(=O)N2c2ccc3c(c2)OCO3)cc1. The number of ether oxygens (including phenoxy) is 2. The van der Waals surface area contributed by atoms with E-state index in [2.05, 4.69) is 13.8 Å². The second kappa shape index (κ2) is 7.84. The molecule has 0 saturated heterocycles. The van der Waals surface area contributed by atoms with Crippen molar-refractivity contribution in [1.82, 2.24) is 0 Å². The number of hydrogen-bond acceptors (Lipinski definition) is 6. The molecule has 0 spiro atoms. The molecule has 5 rings (SSSR count). The summed E-state index contributed by atoms with van der Waals surface area (Å²) in [6, 6.07) is 15.7. The summed E-state index contributed by atoms with van der Waals surface area (Å²) in [7, 11) is 0. The van der Waals surface area contributed by atoms with Crippen LogP contribution in [0.3, 0.4) is 0 Å². The van der Waals surface area contributed by atoms with E-state index in [1.807, 2.05) is 24.3 Å². The number of amides is 1. The number of Topliss-reactive ketones (excluding diaryl/α,β-unsaturated/α-hetero) is 1. The molecular formula is C25H21NO5S. The number of hydrogen-bond donors (Lipinski definition) is 1. The molecule has 2 aliphatic heterocycles. The highest BCUT2D eigenvalue weighted by Crippen LogP contribution is 2.45. The summed E-state index contributed by atoms with van der Waals surface area (Å²) in [5, 5.41) is 12.6. The first-order valence-corrected chi connectivity index (χ1v) is 11.2. The molecule has 0 saturated carbocycles. The highest BCUT2D eigenvalue weighted by Gasteiger charge is 2.45. The van der Waals surface area contributed by atoms with Crippen molar-refractivity contribution in [3.8, 4) is 11.5 Å². The first kappa shape index (κ1) is 20.3. The highest BCUT2D eigenvalue weighted by molar-refractivity contribution is 7.12. The van der Waals surface area contributed by atoms with Gasteiger partial charge in [-0.2, -0.15) is 0 Å². The van der Waals surface area contributed by atoms with E-state index in [9.17, 15) is 14.7 Å². The molecule has 1 amide bonds. The Hall–Kier alpha value is -3.58. The minimum Gasteiger partial charge on any atom is -0.503 e. The normalized spacial score (nSPS) is 17.5. The number of benzene rings is 2. The summed E-state index contributed by atoms with van der Waals surface area (Å²) in [4.78, 5) is 28.5. The summed E-state index contributed by atoms with van der Waals surface area (Å²) in [5.41, 5.74) is 2.47. The number of carbonyl (C=O) groups is 2. The van der Waals surface area contributed by atoms with Gasteiger partial charge in [-0.25, -0.2) is 0 Å². The van der Waals surface area contributed by atoms with Gasteiger partial charge in [0.1, 0.15) is 0 Å². The van der Waals surface area contributed by atoms with E-state index in [4.69, 9.17) is 9.47 Å². The number of fused-ring (bicyclic) bond motifs is 1. The Kier molecular flexibility index (Phi) is 4.98. The maximum atomic E-state index is 13.4. The first-order chi connectivity index (χ1) is 15.5. The zero-order valence-corrected chi connectivity index (χ0v) is 18.4. The Labute approximate surface area is 189 Å². The number of nitrogens with zero attached hydrogens (tertiary/aromatic N) is 1. The van der Waals surface area contributed by atoms with Gasteiger partial charge in [0.2, 0.25) is 12.6 Å². The lowest BCUT2D eigenvalue weighted by atomic mass is 9.93. The third-order valence-electron chi connectivity index (χ3n) is 5.75. The van der Waals surface area contributed by atoms with Crippen LogP contribution in [0.25, 0.3) is 0 Å². The highest BCUT2D eigenvalue weighted by atomic mass is 32.1. The van der Waals surface area contributed by atoms with Gasteiger partial charge in [-0.15, -0.1) is 11.3 Å². The van der Waals surface area contributed by atoms with Crippen molar-refractivity contribution in [2.75, 3.05) is 11.7 Å². The lowest BCUT2D eigenvalue weighted by molar-refractivity contribution is -0.117. The molecule has 2 aliphatic rings. The number of rotatable bonds is 5. The van der Waals surface area contributed by atoms with Gasteiger partial charge in [-0.05, 0) is 40.6 Å². The Balaban J connectivity index is 1.64. The van der Waals surface area contributed by atoms with Gasteiger partial charge in [0.25, 0.3) is 5.91 Å². The molecule has 7 heteroatoms. The Bertz CT molecular complexity index is 1230. The molecule has 162 valence electrons. The number of anilines is 1. The van der Waals surface area contributed by atoms with Crippen molar-refractivity contribution in [1.29, 1.82) is 0 Å². The van der Waals surface area contributed by atoms with Gasteiger partial charge in [-0.3, -0.25) is 14.5 Å². The van der Waals surface area contributed by atoms with Gasteiger partial charge in [0.15, 0.2) is 17.3 Å². The molecule has 0 radical (unpaired) electrons. The lowest BCUT2D eigenvalue weighted by Gasteiger charge is -2.27. The van der Waals surface area contributed by atoms with Crippen LogP contribution in [0.2, 0.25) is 0 Å². The Morgan fingerprint density at radius 2 is 1.84 bits per heavy atom. The minimum absolute atomic E-state index is 0.0763. The third kappa shape index (κ3) is 3.26. The van der Waals surface area contributed by atoms with Gasteiger partial charge in [-0.1, -0.05) is 44.2 Å². The summed E-state index contributed by atoms with van der Waals surface area (Å²) in [6.45, 7) is 4.31. The van der Waals surface area contributed by atoms with Crippen LogP contribution in [-0.4, -0.2) is 23.6 Å². The fourth-order valence-electron chi connectivity index (χ4n) is 4.06. The van der Waals surface area contributed by atoms with Gasteiger partial charge < -0.3 is 14.6 Å². The number of carbonyl (C=O) groups excluding carboxylic acids is 2. The standard InChI is InChI=1S/C25H21NO5S/c1-14(2)15-5-7-16(8-6-15)22-21(23(27)20-4-3-11-32-20)24(28)25(29)26(22)17-9-10-18-19(12-17)31-13-30-18/h3-12,14,22,28H,13H2,1-2H3. The van der Waals surface area contributed by atoms with Crippen LogP contribution in [0.15, 0.2) is 71.3 Å². The average Bonchev–Trinajstić information content (AvgIpc) is 3.53. The van der Waals surface area contributed by atoms with Crippen molar-refractivity contribution in [3.05, 3.63) is 87.3 Å². The first-order valence-electron chi connectivity index (χ1n) is 10.3. The zero-order chi connectivity index (χ0) is 22.4. The van der Waals surface area contributed by atoms with E-state index in [-0.39, 0.29) is 18.1 Å². The fourth-order valence-corrected chi connectivity index (χ4v) is 4.74. The largest absolute Gasteiger partial charge is 0.503 e. The molecule has 0 aliphatic carbocycles. The minimum atomic E-state index is -0.765. The average molecular weight is 448 g/mol. The van der Waals surface area contributed by atoms with Crippen LogP contribution in [0, 0.1) is 0 Å². The van der Waals surface area contributed by atoms with Crippen molar-refractivity contribution in [3.63, 3.8) is 0 Å². The molecule has 1 atom stereocenters. The van der Waals surface area contributed by atoms with Crippen LogP contribution in [0.4, 0.5) is 5.69 Å². The topological polar surface area (TPSA) is 76.1 Å². The van der Waals surface area contributed by atoms with Crippen LogP contribution < -0.4 is 14.4 Å². The Morgan fingerprint density at radius 3 is 2.53 bits per heavy atom. The van der Waals surface area contributed by atoms with E-state index in [1.54, 1.807) is 35.7 Å². The van der Waals surface area contributed by atoms with E-state index in [0.29, 0.717) is 28.0 Å². The van der Waals surface area contributed by atoms with E-state index < -0.39 is 17.7 Å². The van der Waals surface area contributed by atoms with Crippen molar-refractivity contribution in [2.24, 2.45) is 0 Å². The van der Waals surface area contributed by atoms with Crippen LogP contribution in [-0.2, 0) is 4.79 Å². The molecule has 6 nitrogen and oxygen atoms in total. The van der Waals surface area contributed by atoms with Crippen molar-refractivity contribution < 1.29 is 24.2 Å². The maximum absolute atomic E-state index is 13.4. The molecule has 1 aromatic heterocycles. The maximum Gasteiger partial charge on any atom is 0.294 e. The quantitative estimate of drug-likeness (QED) is 0.531. The number of aliphatic hydroxyl groups excluding tert-OH is 1. The summed E-state index contributed by atoms with van der Waals surface area (Å²) in [5.74, 6) is -0.0600. The Morgan fingerprint density at radius 1 is 1.09 bits per heavy atom.